The Bertz CT molecular complexity index is 442. The second kappa shape index (κ2) is 6.64. The van der Waals surface area contributed by atoms with Crippen LogP contribution in [0.5, 0.6) is 11.5 Å². The van der Waals surface area contributed by atoms with E-state index in [2.05, 4.69) is 10.5 Å². The number of ether oxygens (including phenoxy) is 2. The average molecular weight is 250 g/mol. The maximum absolute atomic E-state index is 11.3. The highest BCUT2D eigenvalue weighted by Crippen LogP contribution is 2.22. The molecule has 5 heteroatoms. The Morgan fingerprint density at radius 1 is 1.33 bits per heavy atom. The third-order valence-electron chi connectivity index (χ3n) is 2.34. The van der Waals surface area contributed by atoms with Crippen LogP contribution in [0.15, 0.2) is 23.3 Å². The Morgan fingerprint density at radius 3 is 2.61 bits per heavy atom. The summed E-state index contributed by atoms with van der Waals surface area (Å²) < 4.78 is 10.3. The lowest BCUT2D eigenvalue weighted by atomic mass is 10.2. The van der Waals surface area contributed by atoms with Crippen LogP contribution in [0.3, 0.4) is 0 Å². The standard InChI is InChI=1S/C13H18N2O3/c1-9(2)13(16)15-14-8-10-7-11(17-3)5-6-12(10)18-4/h5-9H,1-4H3,(H,15,16)/b14-8-. The lowest BCUT2D eigenvalue weighted by Crippen LogP contribution is -2.22. The van der Waals surface area contributed by atoms with Crippen LogP contribution >= 0.6 is 0 Å². The maximum atomic E-state index is 11.3. The molecule has 1 rings (SSSR count). The number of carbonyl (C=O) groups is 1. The Hall–Kier alpha value is -2.04. The van der Waals surface area contributed by atoms with Crippen LogP contribution in [0.25, 0.3) is 0 Å². The molecule has 1 N–H and O–H groups in total. The van der Waals surface area contributed by atoms with Gasteiger partial charge in [0.05, 0.1) is 20.4 Å². The van der Waals surface area contributed by atoms with Gasteiger partial charge in [-0.25, -0.2) is 5.43 Å². The predicted octanol–water partition coefficient (Wildman–Crippen LogP) is 1.81. The molecule has 5 nitrogen and oxygen atoms in total. The first-order valence-electron chi connectivity index (χ1n) is 5.63. The Morgan fingerprint density at radius 2 is 2.06 bits per heavy atom. The van der Waals surface area contributed by atoms with Crippen LogP contribution < -0.4 is 14.9 Å². The van der Waals surface area contributed by atoms with E-state index >= 15 is 0 Å². The van der Waals surface area contributed by atoms with E-state index < -0.39 is 0 Å². The van der Waals surface area contributed by atoms with E-state index in [1.165, 1.54) is 6.21 Å². The van der Waals surface area contributed by atoms with Gasteiger partial charge in [0.2, 0.25) is 5.91 Å². The van der Waals surface area contributed by atoms with Crippen LogP contribution in [0.2, 0.25) is 0 Å². The molecule has 0 bridgehead atoms. The van der Waals surface area contributed by atoms with Gasteiger partial charge >= 0.3 is 0 Å². The number of rotatable bonds is 5. The molecule has 1 amide bonds. The number of methoxy groups -OCH3 is 2. The first-order valence-corrected chi connectivity index (χ1v) is 5.63. The van der Waals surface area contributed by atoms with Crippen LogP contribution in [0.4, 0.5) is 0 Å². The molecule has 98 valence electrons. The highest BCUT2D eigenvalue weighted by Gasteiger charge is 2.05. The second-order valence-electron chi connectivity index (χ2n) is 4.00. The monoisotopic (exact) mass is 250 g/mol. The lowest BCUT2D eigenvalue weighted by molar-refractivity contribution is -0.123. The van der Waals surface area contributed by atoms with E-state index in [4.69, 9.17) is 9.47 Å². The first kappa shape index (κ1) is 14.0. The summed E-state index contributed by atoms with van der Waals surface area (Å²) >= 11 is 0. The third kappa shape index (κ3) is 3.76. The quantitative estimate of drug-likeness (QED) is 0.640. The van der Waals surface area contributed by atoms with Crippen LogP contribution in [0.1, 0.15) is 19.4 Å². The Labute approximate surface area is 107 Å². The van der Waals surface area contributed by atoms with Crippen LogP contribution in [-0.2, 0) is 4.79 Å². The number of carbonyl (C=O) groups excluding carboxylic acids is 1. The van der Waals surface area contributed by atoms with Crippen LogP contribution in [-0.4, -0.2) is 26.3 Å². The smallest absolute Gasteiger partial charge is 0.242 e. The van der Waals surface area contributed by atoms with Gasteiger partial charge in [-0.15, -0.1) is 0 Å². The van der Waals surface area contributed by atoms with Crippen LogP contribution in [0, 0.1) is 5.92 Å². The fourth-order valence-electron chi connectivity index (χ4n) is 1.23. The van der Waals surface area contributed by atoms with E-state index in [1.807, 2.05) is 0 Å². The zero-order valence-corrected chi connectivity index (χ0v) is 11.1. The van der Waals surface area contributed by atoms with Crippen molar-refractivity contribution in [2.75, 3.05) is 14.2 Å². The van der Waals surface area contributed by atoms with Crippen molar-refractivity contribution in [3.8, 4) is 11.5 Å². The minimum Gasteiger partial charge on any atom is -0.497 e. The summed E-state index contributed by atoms with van der Waals surface area (Å²) in [5, 5.41) is 3.89. The van der Waals surface area contributed by atoms with Gasteiger partial charge in [0.25, 0.3) is 0 Å². The van der Waals surface area contributed by atoms with Gasteiger partial charge in [-0.3, -0.25) is 4.79 Å². The number of nitrogens with one attached hydrogen (secondary N) is 1. The predicted molar refractivity (Wildman–Crippen MR) is 70.1 cm³/mol. The van der Waals surface area contributed by atoms with Crippen molar-refractivity contribution in [1.29, 1.82) is 0 Å². The van der Waals surface area contributed by atoms with E-state index in [0.717, 1.165) is 5.56 Å². The molecule has 0 saturated heterocycles. The van der Waals surface area contributed by atoms with Gasteiger partial charge in [-0.2, -0.15) is 5.10 Å². The van der Waals surface area contributed by atoms with Gasteiger partial charge in [0.1, 0.15) is 11.5 Å². The molecule has 0 unspecified atom stereocenters. The SMILES string of the molecule is COc1ccc(OC)c(/C=N\NC(=O)C(C)C)c1. The molecular formula is C13H18N2O3. The van der Waals surface area contributed by atoms with Gasteiger partial charge in [-0.1, -0.05) is 13.8 Å². The number of hydrogen-bond donors (Lipinski definition) is 1. The highest BCUT2D eigenvalue weighted by molar-refractivity contribution is 5.86. The van der Waals surface area contributed by atoms with E-state index in [0.29, 0.717) is 11.5 Å². The summed E-state index contributed by atoms with van der Waals surface area (Å²) in [6.07, 6.45) is 1.53. The normalized spacial score (nSPS) is 10.7. The summed E-state index contributed by atoms with van der Waals surface area (Å²) in [6.45, 7) is 3.61. The summed E-state index contributed by atoms with van der Waals surface area (Å²) in [5.74, 6) is 1.13. The van der Waals surface area contributed by atoms with Gasteiger partial charge < -0.3 is 9.47 Å². The molecule has 0 saturated carbocycles. The third-order valence-corrected chi connectivity index (χ3v) is 2.34. The zero-order valence-electron chi connectivity index (χ0n) is 11.1. The Balaban J connectivity index is 2.81. The summed E-state index contributed by atoms with van der Waals surface area (Å²) in [5.41, 5.74) is 3.19. The molecule has 1 aromatic carbocycles. The van der Waals surface area contributed by atoms with Crippen molar-refractivity contribution >= 4 is 12.1 Å². The summed E-state index contributed by atoms with van der Waals surface area (Å²) in [4.78, 5) is 11.3. The van der Waals surface area contributed by atoms with Gasteiger partial charge in [0, 0.05) is 11.5 Å². The molecule has 0 radical (unpaired) electrons. The molecule has 0 fully saturated rings. The fraction of sp³-hybridized carbons (Fsp3) is 0.385. The lowest BCUT2D eigenvalue weighted by Gasteiger charge is -2.07. The second-order valence-corrected chi connectivity index (χ2v) is 4.00. The molecule has 0 spiro atoms. The number of hydrazone groups is 1. The molecular weight excluding hydrogens is 232 g/mol. The zero-order chi connectivity index (χ0) is 13.5. The molecule has 0 aliphatic heterocycles. The molecule has 0 heterocycles. The number of hydrogen-bond acceptors (Lipinski definition) is 4. The van der Waals surface area contributed by atoms with Crippen molar-refractivity contribution in [3.63, 3.8) is 0 Å². The van der Waals surface area contributed by atoms with Crippen molar-refractivity contribution in [1.82, 2.24) is 5.43 Å². The van der Waals surface area contributed by atoms with E-state index in [1.54, 1.807) is 46.3 Å². The fourth-order valence-corrected chi connectivity index (χ4v) is 1.23. The average Bonchev–Trinajstić information content (AvgIpc) is 2.38. The molecule has 1 aromatic rings. The molecule has 0 atom stereocenters. The Kier molecular flexibility index (Phi) is 5.17. The van der Waals surface area contributed by atoms with Crippen molar-refractivity contribution < 1.29 is 14.3 Å². The van der Waals surface area contributed by atoms with Gasteiger partial charge in [0.15, 0.2) is 0 Å². The summed E-state index contributed by atoms with van der Waals surface area (Å²) in [7, 11) is 3.16. The molecule has 0 aromatic heterocycles. The molecule has 18 heavy (non-hydrogen) atoms. The first-order chi connectivity index (χ1) is 8.58. The van der Waals surface area contributed by atoms with Crippen molar-refractivity contribution in [2.45, 2.75) is 13.8 Å². The number of amides is 1. The highest BCUT2D eigenvalue weighted by atomic mass is 16.5. The largest absolute Gasteiger partial charge is 0.497 e. The number of benzene rings is 1. The molecule has 0 aliphatic rings. The number of nitrogens with zero attached hydrogens (tertiary/aromatic N) is 1. The van der Waals surface area contributed by atoms with Crippen molar-refractivity contribution in [2.24, 2.45) is 11.0 Å². The maximum Gasteiger partial charge on any atom is 0.242 e. The minimum absolute atomic E-state index is 0.102. The molecule has 0 aliphatic carbocycles. The topological polar surface area (TPSA) is 59.9 Å². The summed E-state index contributed by atoms with van der Waals surface area (Å²) in [6, 6.07) is 5.36. The van der Waals surface area contributed by atoms with Crippen molar-refractivity contribution in [3.05, 3.63) is 23.8 Å². The minimum atomic E-state index is -0.131. The van der Waals surface area contributed by atoms with E-state index in [-0.39, 0.29) is 11.8 Å². The van der Waals surface area contributed by atoms with Gasteiger partial charge in [-0.05, 0) is 18.2 Å². The van der Waals surface area contributed by atoms with E-state index in [9.17, 15) is 4.79 Å².